The van der Waals surface area contributed by atoms with Crippen molar-refractivity contribution in [1.29, 1.82) is 5.26 Å². The van der Waals surface area contributed by atoms with Crippen molar-refractivity contribution in [3.63, 3.8) is 0 Å². The molecular formula is C18H13Br2NO3S. The van der Waals surface area contributed by atoms with E-state index in [1.165, 1.54) is 12.1 Å². The molecule has 0 fully saturated rings. The summed E-state index contributed by atoms with van der Waals surface area (Å²) in [7, 11) is -3.95. The van der Waals surface area contributed by atoms with Gasteiger partial charge in [0.25, 0.3) is 0 Å². The first-order valence-corrected chi connectivity index (χ1v) is 10.1. The Labute approximate surface area is 163 Å². The van der Waals surface area contributed by atoms with E-state index in [0.717, 1.165) is 0 Å². The molecule has 0 atom stereocenters. The molecule has 0 aromatic heterocycles. The molecule has 0 saturated carbocycles. The van der Waals surface area contributed by atoms with Crippen LogP contribution in [-0.4, -0.2) is 15.0 Å². The van der Waals surface area contributed by atoms with Crippen LogP contribution in [0, 0.1) is 11.3 Å². The Morgan fingerprint density at radius 1 is 1.20 bits per heavy atom. The van der Waals surface area contributed by atoms with Crippen molar-refractivity contribution >= 4 is 47.8 Å². The van der Waals surface area contributed by atoms with Crippen LogP contribution in [-0.2, 0) is 9.84 Å². The van der Waals surface area contributed by atoms with Crippen molar-refractivity contribution in [2.45, 2.75) is 4.90 Å². The highest BCUT2D eigenvalue weighted by molar-refractivity contribution is 9.11. The molecule has 0 amide bonds. The number of nitriles is 1. The van der Waals surface area contributed by atoms with Crippen LogP contribution in [0.1, 0.15) is 5.56 Å². The van der Waals surface area contributed by atoms with Crippen LogP contribution in [0.15, 0.2) is 73.9 Å². The van der Waals surface area contributed by atoms with Gasteiger partial charge in [-0.3, -0.25) is 0 Å². The van der Waals surface area contributed by atoms with Gasteiger partial charge in [0.2, 0.25) is 9.84 Å². The van der Waals surface area contributed by atoms with E-state index in [1.54, 1.807) is 48.5 Å². The van der Waals surface area contributed by atoms with Crippen LogP contribution in [0.5, 0.6) is 5.75 Å². The number of halogens is 2. The molecule has 0 saturated heterocycles. The van der Waals surface area contributed by atoms with Crippen LogP contribution in [0.25, 0.3) is 6.08 Å². The van der Waals surface area contributed by atoms with Crippen molar-refractivity contribution in [3.8, 4) is 11.8 Å². The number of allylic oxidation sites excluding steroid dienone is 1. The minimum absolute atomic E-state index is 0.0283. The molecule has 2 aromatic rings. The van der Waals surface area contributed by atoms with Gasteiger partial charge in [-0.2, -0.15) is 5.26 Å². The maximum atomic E-state index is 12.8. The van der Waals surface area contributed by atoms with E-state index >= 15 is 0 Å². The Bertz CT molecular complexity index is 959. The van der Waals surface area contributed by atoms with Gasteiger partial charge >= 0.3 is 0 Å². The summed E-state index contributed by atoms with van der Waals surface area (Å²) in [5, 5.41) is 9.35. The van der Waals surface area contributed by atoms with Gasteiger partial charge in [0.05, 0.1) is 4.90 Å². The molecule has 128 valence electrons. The van der Waals surface area contributed by atoms with Gasteiger partial charge in [-0.15, -0.1) is 0 Å². The fraction of sp³-hybridized carbons (Fsp3) is 0.0556. The van der Waals surface area contributed by atoms with Gasteiger partial charge in [0.15, 0.2) is 0 Å². The monoisotopic (exact) mass is 481 g/mol. The molecule has 0 aliphatic heterocycles. The van der Waals surface area contributed by atoms with Crippen LogP contribution >= 0.6 is 31.9 Å². The smallest absolute Gasteiger partial charge is 0.217 e. The molecule has 2 aromatic carbocycles. The van der Waals surface area contributed by atoms with Gasteiger partial charge in [-0.1, -0.05) is 40.7 Å². The summed E-state index contributed by atoms with van der Waals surface area (Å²) in [5.41, 5.74) is 0.581. The third-order valence-electron chi connectivity index (χ3n) is 3.13. The van der Waals surface area contributed by atoms with Crippen LogP contribution < -0.4 is 4.74 Å². The van der Waals surface area contributed by atoms with E-state index in [-0.39, 0.29) is 9.80 Å². The summed E-state index contributed by atoms with van der Waals surface area (Å²) < 4.78 is 31.9. The zero-order valence-electron chi connectivity index (χ0n) is 12.9. The van der Waals surface area contributed by atoms with Crippen molar-refractivity contribution in [1.82, 2.24) is 0 Å². The quantitative estimate of drug-likeness (QED) is 0.423. The molecule has 0 aliphatic carbocycles. The fourth-order valence-electron chi connectivity index (χ4n) is 1.94. The van der Waals surface area contributed by atoms with Gasteiger partial charge < -0.3 is 4.74 Å². The lowest BCUT2D eigenvalue weighted by Crippen LogP contribution is -2.04. The Morgan fingerprint density at radius 3 is 2.48 bits per heavy atom. The molecule has 0 bridgehead atoms. The summed E-state index contributed by atoms with van der Waals surface area (Å²) in [4.78, 5) is -0.313. The topological polar surface area (TPSA) is 67.2 Å². The van der Waals surface area contributed by atoms with Crippen molar-refractivity contribution in [2.24, 2.45) is 0 Å². The predicted octanol–water partition coefficient (Wildman–Crippen LogP) is 5.11. The molecule has 0 heterocycles. The molecule has 4 nitrogen and oxygen atoms in total. The summed E-state index contributed by atoms with van der Waals surface area (Å²) in [5.74, 6) is 0.633. The first-order valence-electron chi connectivity index (χ1n) is 7.04. The average molecular weight is 483 g/mol. The Balaban J connectivity index is 2.41. The Hall–Kier alpha value is -1.88. The normalized spacial score (nSPS) is 11.6. The van der Waals surface area contributed by atoms with Crippen molar-refractivity contribution < 1.29 is 13.2 Å². The summed E-state index contributed by atoms with van der Waals surface area (Å²) >= 11 is 6.47. The van der Waals surface area contributed by atoms with Crippen LogP contribution in [0.3, 0.4) is 0 Å². The van der Waals surface area contributed by atoms with E-state index in [9.17, 15) is 13.7 Å². The second kappa shape index (κ2) is 8.48. The first kappa shape index (κ1) is 19.4. The number of rotatable bonds is 6. The van der Waals surface area contributed by atoms with Crippen LogP contribution in [0.2, 0.25) is 0 Å². The fourth-order valence-corrected chi connectivity index (χ4v) is 4.59. The highest BCUT2D eigenvalue weighted by Gasteiger charge is 2.23. The molecular weight excluding hydrogens is 470 g/mol. The third-order valence-corrected chi connectivity index (χ3v) is 6.28. The van der Waals surface area contributed by atoms with E-state index in [2.05, 4.69) is 38.4 Å². The molecule has 0 spiro atoms. The highest BCUT2D eigenvalue weighted by Crippen LogP contribution is 2.30. The molecule has 0 unspecified atom stereocenters. The summed E-state index contributed by atoms with van der Waals surface area (Å²) in [6, 6.07) is 13.3. The SMILES string of the molecule is C=CCOc1ccc(/C=C(\C#N)S(=O)(=O)c2cc(Br)ccc2Br)cc1. The standard InChI is InChI=1S/C18H13Br2NO3S/c1-2-9-24-15-6-3-13(4-7-15)10-16(12-21)25(22,23)18-11-14(19)5-8-17(18)20/h2-8,10-11H,1,9H2/b16-10+. The minimum atomic E-state index is -3.95. The lowest BCUT2D eigenvalue weighted by molar-refractivity contribution is 0.363. The molecule has 7 heteroatoms. The van der Waals surface area contributed by atoms with Gasteiger partial charge in [0, 0.05) is 8.95 Å². The van der Waals surface area contributed by atoms with Gasteiger partial charge in [-0.25, -0.2) is 8.42 Å². The van der Waals surface area contributed by atoms with E-state index in [1.807, 2.05) is 0 Å². The van der Waals surface area contributed by atoms with Crippen molar-refractivity contribution in [3.05, 3.63) is 74.5 Å². The third kappa shape index (κ3) is 4.82. The summed E-state index contributed by atoms with van der Waals surface area (Å²) in [6.07, 6.45) is 2.96. The van der Waals surface area contributed by atoms with E-state index < -0.39 is 9.84 Å². The van der Waals surface area contributed by atoms with E-state index in [4.69, 9.17) is 4.74 Å². The zero-order valence-corrected chi connectivity index (χ0v) is 16.9. The first-order chi connectivity index (χ1) is 11.9. The number of ether oxygens (including phenoxy) is 1. The maximum Gasteiger partial charge on any atom is 0.217 e. The highest BCUT2D eigenvalue weighted by atomic mass is 79.9. The summed E-state index contributed by atoms with van der Waals surface area (Å²) in [6.45, 7) is 3.95. The Morgan fingerprint density at radius 2 is 1.88 bits per heavy atom. The lowest BCUT2D eigenvalue weighted by atomic mass is 10.2. The maximum absolute atomic E-state index is 12.8. The number of hydrogen-bond acceptors (Lipinski definition) is 4. The number of nitrogens with zero attached hydrogens (tertiary/aromatic N) is 1. The lowest BCUT2D eigenvalue weighted by Gasteiger charge is -2.07. The largest absolute Gasteiger partial charge is 0.490 e. The zero-order chi connectivity index (χ0) is 18.4. The van der Waals surface area contributed by atoms with Crippen LogP contribution in [0.4, 0.5) is 0 Å². The number of hydrogen-bond donors (Lipinski definition) is 0. The predicted molar refractivity (Wildman–Crippen MR) is 105 cm³/mol. The molecule has 0 aliphatic rings. The molecule has 25 heavy (non-hydrogen) atoms. The molecule has 2 rings (SSSR count). The number of benzene rings is 2. The second-order valence-electron chi connectivity index (χ2n) is 4.87. The second-order valence-corrected chi connectivity index (χ2v) is 8.52. The average Bonchev–Trinajstić information content (AvgIpc) is 2.60. The molecule has 0 N–H and O–H groups in total. The number of sulfone groups is 1. The molecule has 0 radical (unpaired) electrons. The van der Waals surface area contributed by atoms with Gasteiger partial charge in [0.1, 0.15) is 23.3 Å². The van der Waals surface area contributed by atoms with E-state index in [0.29, 0.717) is 26.9 Å². The van der Waals surface area contributed by atoms with Gasteiger partial charge in [-0.05, 0) is 57.9 Å². The van der Waals surface area contributed by atoms with Crippen molar-refractivity contribution in [2.75, 3.05) is 6.61 Å². The minimum Gasteiger partial charge on any atom is -0.490 e. The Kier molecular flexibility index (Phi) is 6.59.